The Morgan fingerprint density at radius 3 is 2.57 bits per heavy atom. The number of aliphatic imine (C=N–C) groups is 1. The highest BCUT2D eigenvalue weighted by atomic mass is 32.2. The molecule has 3 rings (SSSR count). The van der Waals surface area contributed by atoms with Crippen molar-refractivity contribution in [3.05, 3.63) is 65.2 Å². The molecular formula is C20H26N4O3S. The number of nitrogens with two attached hydrogens (primary N) is 1. The van der Waals surface area contributed by atoms with E-state index in [9.17, 15) is 8.42 Å². The Hall–Kier alpha value is -2.42. The van der Waals surface area contributed by atoms with E-state index in [1.807, 2.05) is 55.5 Å². The van der Waals surface area contributed by atoms with E-state index in [4.69, 9.17) is 10.5 Å². The van der Waals surface area contributed by atoms with Crippen LogP contribution in [0, 0.1) is 6.92 Å². The van der Waals surface area contributed by atoms with Crippen molar-refractivity contribution in [3.63, 3.8) is 0 Å². The molecule has 2 aromatic carbocycles. The predicted octanol–water partition coefficient (Wildman–Crippen LogP) is 2.08. The van der Waals surface area contributed by atoms with Crippen LogP contribution >= 0.6 is 0 Å². The molecule has 3 N–H and O–H groups in total. The molecule has 8 heteroatoms. The maximum absolute atomic E-state index is 12.7. The molecule has 1 heterocycles. The van der Waals surface area contributed by atoms with Crippen molar-refractivity contribution in [3.8, 4) is 0 Å². The van der Waals surface area contributed by atoms with Crippen LogP contribution in [0.4, 0.5) is 5.69 Å². The number of nitrogens with zero attached hydrogens (tertiary/aromatic N) is 2. The lowest BCUT2D eigenvalue weighted by atomic mass is 10.1. The third kappa shape index (κ3) is 5.54. The van der Waals surface area contributed by atoms with E-state index in [1.165, 1.54) is 4.31 Å². The van der Waals surface area contributed by atoms with E-state index in [0.29, 0.717) is 32.8 Å². The zero-order valence-electron chi connectivity index (χ0n) is 16.0. The van der Waals surface area contributed by atoms with E-state index in [2.05, 4.69) is 10.3 Å². The Bertz CT molecular complexity index is 938. The first kappa shape index (κ1) is 20.3. The zero-order valence-corrected chi connectivity index (χ0v) is 16.8. The number of aryl methyl sites for hydroxylation is 1. The Balaban J connectivity index is 1.69. The van der Waals surface area contributed by atoms with E-state index in [1.54, 1.807) is 0 Å². The highest BCUT2D eigenvalue weighted by Gasteiger charge is 2.25. The van der Waals surface area contributed by atoms with Crippen LogP contribution in [0.2, 0.25) is 0 Å². The molecule has 0 amide bonds. The largest absolute Gasteiger partial charge is 0.379 e. The van der Waals surface area contributed by atoms with Gasteiger partial charge >= 0.3 is 0 Å². The van der Waals surface area contributed by atoms with Gasteiger partial charge in [-0.2, -0.15) is 4.31 Å². The van der Waals surface area contributed by atoms with Gasteiger partial charge in [0.15, 0.2) is 5.96 Å². The van der Waals surface area contributed by atoms with Crippen molar-refractivity contribution < 1.29 is 13.2 Å². The van der Waals surface area contributed by atoms with Crippen molar-refractivity contribution in [1.82, 2.24) is 4.31 Å². The van der Waals surface area contributed by atoms with Gasteiger partial charge in [-0.15, -0.1) is 0 Å². The summed E-state index contributed by atoms with van der Waals surface area (Å²) in [5.74, 6) is 0.237. The number of nitrogens with one attached hydrogen (secondary N) is 1. The molecule has 0 bridgehead atoms. The highest BCUT2D eigenvalue weighted by Crippen LogP contribution is 2.17. The lowest BCUT2D eigenvalue weighted by molar-refractivity contribution is 0.0729. The Kier molecular flexibility index (Phi) is 6.66. The molecule has 7 nitrogen and oxygen atoms in total. The van der Waals surface area contributed by atoms with Gasteiger partial charge in [0.2, 0.25) is 10.0 Å². The summed E-state index contributed by atoms with van der Waals surface area (Å²) in [6.45, 7) is 3.98. The average molecular weight is 403 g/mol. The van der Waals surface area contributed by atoms with Gasteiger partial charge in [-0.25, -0.2) is 13.4 Å². The van der Waals surface area contributed by atoms with Crippen LogP contribution in [-0.4, -0.2) is 45.0 Å². The number of ether oxygens (including phenoxy) is 1. The molecule has 0 atom stereocenters. The number of guanidine groups is 1. The monoisotopic (exact) mass is 402 g/mol. The van der Waals surface area contributed by atoms with Crippen molar-refractivity contribution in [1.29, 1.82) is 0 Å². The molecule has 28 heavy (non-hydrogen) atoms. The molecule has 150 valence electrons. The number of hydrogen-bond acceptors (Lipinski definition) is 4. The lowest BCUT2D eigenvalue weighted by Gasteiger charge is -2.26. The van der Waals surface area contributed by atoms with Crippen molar-refractivity contribution >= 4 is 21.7 Å². The maximum atomic E-state index is 12.7. The fraction of sp³-hybridized carbons (Fsp3) is 0.350. The number of benzene rings is 2. The van der Waals surface area contributed by atoms with Crippen LogP contribution in [0.25, 0.3) is 0 Å². The smallest absolute Gasteiger partial charge is 0.218 e. The van der Waals surface area contributed by atoms with Gasteiger partial charge in [0.05, 0.1) is 25.5 Å². The number of morpholine rings is 1. The van der Waals surface area contributed by atoms with Crippen LogP contribution in [0.5, 0.6) is 0 Å². The average Bonchev–Trinajstić information content (AvgIpc) is 2.68. The van der Waals surface area contributed by atoms with Crippen LogP contribution in [0.1, 0.15) is 16.7 Å². The molecule has 2 aromatic rings. The molecule has 0 aliphatic carbocycles. The second-order valence-corrected chi connectivity index (χ2v) is 8.70. The van der Waals surface area contributed by atoms with E-state index in [0.717, 1.165) is 22.4 Å². The fourth-order valence-corrected chi connectivity index (χ4v) is 4.61. The third-order valence-corrected chi connectivity index (χ3v) is 6.36. The summed E-state index contributed by atoms with van der Waals surface area (Å²) in [4.78, 5) is 4.38. The number of sulfonamides is 1. The minimum Gasteiger partial charge on any atom is -0.379 e. The summed E-state index contributed by atoms with van der Waals surface area (Å²) in [6, 6.07) is 15.3. The van der Waals surface area contributed by atoms with Crippen LogP contribution < -0.4 is 11.1 Å². The van der Waals surface area contributed by atoms with E-state index in [-0.39, 0.29) is 11.7 Å². The molecule has 1 aliphatic rings. The Morgan fingerprint density at radius 1 is 1.14 bits per heavy atom. The van der Waals surface area contributed by atoms with Gasteiger partial charge < -0.3 is 15.8 Å². The molecule has 0 radical (unpaired) electrons. The summed E-state index contributed by atoms with van der Waals surface area (Å²) >= 11 is 0. The summed E-state index contributed by atoms with van der Waals surface area (Å²) in [6.07, 6.45) is 0. The van der Waals surface area contributed by atoms with Crippen molar-refractivity contribution in [2.75, 3.05) is 31.6 Å². The highest BCUT2D eigenvalue weighted by molar-refractivity contribution is 7.88. The van der Waals surface area contributed by atoms with Gasteiger partial charge in [-0.05, 0) is 35.7 Å². The Labute approximate surface area is 166 Å². The lowest BCUT2D eigenvalue weighted by Crippen LogP contribution is -2.41. The first-order valence-electron chi connectivity index (χ1n) is 9.20. The van der Waals surface area contributed by atoms with E-state index >= 15 is 0 Å². The van der Waals surface area contributed by atoms with Gasteiger partial charge in [0.1, 0.15) is 0 Å². The summed E-state index contributed by atoms with van der Waals surface area (Å²) in [5, 5.41) is 3.06. The van der Waals surface area contributed by atoms with Gasteiger partial charge in [-0.3, -0.25) is 0 Å². The third-order valence-electron chi connectivity index (χ3n) is 4.53. The van der Waals surface area contributed by atoms with Gasteiger partial charge in [-0.1, -0.05) is 36.4 Å². The summed E-state index contributed by atoms with van der Waals surface area (Å²) < 4.78 is 32.2. The Morgan fingerprint density at radius 2 is 1.86 bits per heavy atom. The van der Waals surface area contributed by atoms with Crippen molar-refractivity contribution in [2.24, 2.45) is 10.7 Å². The van der Waals surface area contributed by atoms with Crippen LogP contribution in [0.15, 0.2) is 53.5 Å². The molecule has 0 unspecified atom stereocenters. The summed E-state index contributed by atoms with van der Waals surface area (Å²) in [5.41, 5.74) is 9.56. The second kappa shape index (κ2) is 9.18. The number of anilines is 1. The molecular weight excluding hydrogens is 376 g/mol. The standard InChI is InChI=1S/C20H26N4O3S/c1-16-5-4-8-19(13-16)23-20(21)22-14-17-6-2-3-7-18(17)15-28(25,26)24-9-11-27-12-10-24/h2-8,13H,9-12,14-15H2,1H3,(H3,21,22,23). The van der Waals surface area contributed by atoms with Crippen LogP contribution in [0.3, 0.4) is 0 Å². The second-order valence-electron chi connectivity index (χ2n) is 6.73. The normalized spacial score (nSPS) is 16.1. The minimum atomic E-state index is -3.39. The topological polar surface area (TPSA) is 97.0 Å². The zero-order chi connectivity index (χ0) is 20.0. The number of hydrogen-bond donors (Lipinski definition) is 2. The SMILES string of the molecule is Cc1cccc(NC(N)=NCc2ccccc2CS(=O)(=O)N2CCOCC2)c1. The maximum Gasteiger partial charge on any atom is 0.218 e. The first-order valence-corrected chi connectivity index (χ1v) is 10.8. The molecule has 0 aromatic heterocycles. The molecule has 1 fully saturated rings. The molecule has 0 saturated carbocycles. The fourth-order valence-electron chi connectivity index (χ4n) is 3.05. The van der Waals surface area contributed by atoms with Crippen LogP contribution in [-0.2, 0) is 27.1 Å². The van der Waals surface area contributed by atoms with Gasteiger partial charge in [0.25, 0.3) is 0 Å². The molecule has 0 spiro atoms. The minimum absolute atomic E-state index is 0.0517. The van der Waals surface area contributed by atoms with Gasteiger partial charge in [0, 0.05) is 18.8 Å². The molecule has 1 aliphatic heterocycles. The van der Waals surface area contributed by atoms with Crippen molar-refractivity contribution in [2.45, 2.75) is 19.2 Å². The van der Waals surface area contributed by atoms with E-state index < -0.39 is 10.0 Å². The first-order chi connectivity index (χ1) is 13.4. The molecule has 1 saturated heterocycles. The predicted molar refractivity (Wildman–Crippen MR) is 112 cm³/mol. The quantitative estimate of drug-likeness (QED) is 0.570. The summed E-state index contributed by atoms with van der Waals surface area (Å²) in [7, 11) is -3.39. The number of rotatable bonds is 6.